The predicted molar refractivity (Wildman–Crippen MR) is 108 cm³/mol. The van der Waals surface area contributed by atoms with Crippen molar-refractivity contribution >= 4 is 29.1 Å². The lowest BCUT2D eigenvalue weighted by molar-refractivity contribution is -0.131. The molecule has 2 N–H and O–H groups in total. The van der Waals surface area contributed by atoms with Crippen LogP contribution in [0, 0.1) is 0 Å². The van der Waals surface area contributed by atoms with Crippen molar-refractivity contribution in [1.29, 1.82) is 0 Å². The van der Waals surface area contributed by atoms with Crippen LogP contribution in [0.25, 0.3) is 0 Å². The Morgan fingerprint density at radius 1 is 1.04 bits per heavy atom. The minimum absolute atomic E-state index is 0.184. The predicted octanol–water partition coefficient (Wildman–Crippen LogP) is 3.02. The van der Waals surface area contributed by atoms with E-state index in [1.54, 1.807) is 0 Å². The van der Waals surface area contributed by atoms with Crippen molar-refractivity contribution in [1.82, 2.24) is 4.90 Å². The molecule has 0 saturated carbocycles. The van der Waals surface area contributed by atoms with Crippen LogP contribution < -0.4 is 10.6 Å². The number of benzene rings is 2. The number of amides is 2. The Hall–Kier alpha value is -2.53. The summed E-state index contributed by atoms with van der Waals surface area (Å²) in [6, 6.07) is 15.1. The van der Waals surface area contributed by atoms with Crippen LogP contribution in [0.2, 0.25) is 5.02 Å². The van der Waals surface area contributed by atoms with E-state index in [1.807, 2.05) is 60.4 Å². The number of nitrogens with zero attached hydrogens (tertiary/aromatic N) is 2. The van der Waals surface area contributed by atoms with Gasteiger partial charge >= 0.3 is 0 Å². The molecular formula is C21H24ClN3O2. The number of nitrogens with two attached hydrogens (primary N) is 1. The molecule has 1 unspecified atom stereocenters. The topological polar surface area (TPSA) is 66.6 Å². The summed E-state index contributed by atoms with van der Waals surface area (Å²) in [7, 11) is 0. The molecule has 2 amide bonds. The van der Waals surface area contributed by atoms with Gasteiger partial charge in [-0.1, -0.05) is 54.9 Å². The highest BCUT2D eigenvalue weighted by atomic mass is 35.5. The second kappa shape index (κ2) is 8.44. The number of hydrogen-bond acceptors (Lipinski definition) is 3. The van der Waals surface area contributed by atoms with E-state index in [0.717, 1.165) is 29.9 Å². The van der Waals surface area contributed by atoms with Crippen molar-refractivity contribution in [3.63, 3.8) is 0 Å². The number of hydrogen-bond donors (Lipinski definition) is 1. The van der Waals surface area contributed by atoms with Crippen molar-refractivity contribution in [2.24, 2.45) is 5.73 Å². The highest BCUT2D eigenvalue weighted by Gasteiger charge is 2.24. The smallest absolute Gasteiger partial charge is 0.229 e. The minimum Gasteiger partial charge on any atom is -0.369 e. The number of halogens is 1. The van der Waals surface area contributed by atoms with Gasteiger partial charge in [0.1, 0.15) is 0 Å². The lowest BCUT2D eigenvalue weighted by atomic mass is 9.90. The Bertz CT molecular complexity index is 817. The summed E-state index contributed by atoms with van der Waals surface area (Å²) in [5.74, 6) is -0.753. The van der Waals surface area contributed by atoms with E-state index >= 15 is 0 Å². The molecule has 2 aromatic rings. The fraction of sp³-hybridized carbons (Fsp3) is 0.333. The molecule has 2 aromatic carbocycles. The summed E-state index contributed by atoms with van der Waals surface area (Å²) in [5, 5.41) is 0.588. The molecular weight excluding hydrogens is 362 g/mol. The number of rotatable bonds is 5. The minimum atomic E-state index is -0.531. The molecule has 0 spiro atoms. The second-order valence-corrected chi connectivity index (χ2v) is 7.09. The Morgan fingerprint density at radius 3 is 2.26 bits per heavy atom. The normalized spacial score (nSPS) is 15.5. The van der Waals surface area contributed by atoms with E-state index in [1.165, 1.54) is 0 Å². The fourth-order valence-electron chi connectivity index (χ4n) is 3.55. The number of piperazine rings is 1. The van der Waals surface area contributed by atoms with Crippen LogP contribution >= 0.6 is 11.6 Å². The number of carbonyl (C=O) groups is 2. The maximum Gasteiger partial charge on any atom is 0.229 e. The molecule has 5 nitrogen and oxygen atoms in total. The molecule has 142 valence electrons. The van der Waals surface area contributed by atoms with Gasteiger partial charge in [-0.25, -0.2) is 0 Å². The van der Waals surface area contributed by atoms with E-state index in [9.17, 15) is 9.59 Å². The van der Waals surface area contributed by atoms with Gasteiger partial charge in [-0.15, -0.1) is 0 Å². The molecule has 0 aliphatic carbocycles. The van der Waals surface area contributed by atoms with E-state index in [0.29, 0.717) is 24.5 Å². The first kappa shape index (κ1) is 19.2. The van der Waals surface area contributed by atoms with Crippen LogP contribution in [0.15, 0.2) is 48.5 Å². The quantitative estimate of drug-likeness (QED) is 0.860. The lowest BCUT2D eigenvalue weighted by Crippen LogP contribution is -2.48. The summed E-state index contributed by atoms with van der Waals surface area (Å²) < 4.78 is 0. The van der Waals surface area contributed by atoms with Crippen LogP contribution in [0.5, 0.6) is 0 Å². The summed E-state index contributed by atoms with van der Waals surface area (Å²) >= 11 is 6.55. The Morgan fingerprint density at radius 2 is 1.70 bits per heavy atom. The Kier molecular flexibility index (Phi) is 6.01. The molecule has 0 radical (unpaired) electrons. The van der Waals surface area contributed by atoms with Crippen LogP contribution in [0.4, 0.5) is 5.69 Å². The number of carbonyl (C=O) groups excluding carboxylic acids is 2. The molecule has 1 heterocycles. The van der Waals surface area contributed by atoms with Crippen LogP contribution in [-0.2, 0) is 9.59 Å². The third-order valence-electron chi connectivity index (χ3n) is 5.00. The molecule has 3 rings (SSSR count). The van der Waals surface area contributed by atoms with Crippen LogP contribution in [0.1, 0.15) is 30.4 Å². The maximum atomic E-state index is 12.1. The summed E-state index contributed by atoms with van der Waals surface area (Å²) in [5.41, 5.74) is 8.20. The largest absolute Gasteiger partial charge is 0.369 e. The number of primary amides is 1. The van der Waals surface area contributed by atoms with Gasteiger partial charge in [0, 0.05) is 32.6 Å². The molecule has 1 fully saturated rings. The summed E-state index contributed by atoms with van der Waals surface area (Å²) in [6.45, 7) is 4.75. The van der Waals surface area contributed by atoms with Gasteiger partial charge in [0.25, 0.3) is 0 Å². The first-order valence-electron chi connectivity index (χ1n) is 9.17. The van der Waals surface area contributed by atoms with E-state index in [-0.39, 0.29) is 5.91 Å². The maximum absolute atomic E-state index is 12.1. The zero-order valence-corrected chi connectivity index (χ0v) is 16.2. The molecule has 1 aliphatic rings. The van der Waals surface area contributed by atoms with Crippen molar-refractivity contribution in [3.8, 4) is 0 Å². The first-order valence-corrected chi connectivity index (χ1v) is 9.55. The third kappa shape index (κ3) is 4.25. The van der Waals surface area contributed by atoms with E-state index in [4.69, 9.17) is 17.3 Å². The zero-order chi connectivity index (χ0) is 19.4. The van der Waals surface area contributed by atoms with Crippen molar-refractivity contribution in [2.75, 3.05) is 31.1 Å². The van der Waals surface area contributed by atoms with E-state index < -0.39 is 11.8 Å². The first-order chi connectivity index (χ1) is 13.0. The van der Waals surface area contributed by atoms with Gasteiger partial charge < -0.3 is 15.5 Å². The van der Waals surface area contributed by atoms with Crippen molar-refractivity contribution < 1.29 is 9.59 Å². The van der Waals surface area contributed by atoms with Gasteiger partial charge in [-0.05, 0) is 23.3 Å². The molecule has 1 saturated heterocycles. The van der Waals surface area contributed by atoms with Crippen LogP contribution in [-0.4, -0.2) is 42.9 Å². The lowest BCUT2D eigenvalue weighted by Gasteiger charge is -2.36. The van der Waals surface area contributed by atoms with E-state index in [2.05, 4.69) is 4.90 Å². The third-order valence-corrected chi connectivity index (χ3v) is 5.30. The second-order valence-electron chi connectivity index (χ2n) is 6.68. The Labute approximate surface area is 164 Å². The average molecular weight is 386 g/mol. The van der Waals surface area contributed by atoms with Gasteiger partial charge in [0.15, 0.2) is 0 Å². The van der Waals surface area contributed by atoms with Crippen molar-refractivity contribution in [3.05, 3.63) is 64.7 Å². The standard InChI is InChI=1S/C21H24ClN3O2/c1-2-19(26)25-12-10-24(11-13-25)18-9-8-16(14-17(18)22)20(21(23)27)15-6-4-3-5-7-15/h3-9,14,20H,2,10-13H2,1H3,(H2,23,27). The monoisotopic (exact) mass is 385 g/mol. The average Bonchev–Trinajstić information content (AvgIpc) is 2.68. The van der Waals surface area contributed by atoms with Gasteiger partial charge in [0.05, 0.1) is 16.6 Å². The zero-order valence-electron chi connectivity index (χ0n) is 15.4. The van der Waals surface area contributed by atoms with Crippen molar-refractivity contribution in [2.45, 2.75) is 19.3 Å². The summed E-state index contributed by atoms with van der Waals surface area (Å²) in [6.07, 6.45) is 0.531. The van der Waals surface area contributed by atoms with Crippen LogP contribution in [0.3, 0.4) is 0 Å². The Balaban J connectivity index is 1.80. The fourth-order valence-corrected chi connectivity index (χ4v) is 3.85. The molecule has 1 aliphatic heterocycles. The molecule has 1 atom stereocenters. The molecule has 0 bridgehead atoms. The SMILES string of the molecule is CCC(=O)N1CCN(c2ccc(C(C(N)=O)c3ccccc3)cc2Cl)CC1. The summed E-state index contributed by atoms with van der Waals surface area (Å²) in [4.78, 5) is 28.0. The molecule has 0 aromatic heterocycles. The number of anilines is 1. The highest BCUT2D eigenvalue weighted by molar-refractivity contribution is 6.33. The molecule has 27 heavy (non-hydrogen) atoms. The molecule has 6 heteroatoms. The van der Waals surface area contributed by atoms with Gasteiger partial charge in [-0.3, -0.25) is 9.59 Å². The van der Waals surface area contributed by atoms with Gasteiger partial charge in [-0.2, -0.15) is 0 Å². The highest BCUT2D eigenvalue weighted by Crippen LogP contribution is 2.32. The van der Waals surface area contributed by atoms with Gasteiger partial charge in [0.2, 0.25) is 11.8 Å².